The molecule has 1 atom stereocenters. The van der Waals surface area contributed by atoms with Crippen molar-refractivity contribution in [1.82, 2.24) is 15.2 Å². The molecule has 1 aromatic rings. The van der Waals surface area contributed by atoms with Crippen LogP contribution >= 0.6 is 11.3 Å². The van der Waals surface area contributed by atoms with E-state index < -0.39 is 0 Å². The van der Waals surface area contributed by atoms with Gasteiger partial charge in [-0.05, 0) is 21.0 Å². The Balaban J connectivity index is 2.24. The fourth-order valence-corrected chi connectivity index (χ4v) is 3.88. The summed E-state index contributed by atoms with van der Waals surface area (Å²) in [7, 11) is 4.21. The lowest BCUT2D eigenvalue weighted by atomic mass is 9.91. The SMILES string of the molecule is CNCc1sc(N2CCN(C)C(C)C2)nc1C(C)(C)C. The molecule has 0 radical (unpaired) electrons. The van der Waals surface area contributed by atoms with Crippen LogP contribution in [-0.2, 0) is 12.0 Å². The van der Waals surface area contributed by atoms with E-state index in [0.29, 0.717) is 6.04 Å². The first-order chi connectivity index (χ1) is 9.32. The van der Waals surface area contributed by atoms with Gasteiger partial charge in [-0.1, -0.05) is 20.8 Å². The van der Waals surface area contributed by atoms with E-state index in [1.807, 2.05) is 18.4 Å². The van der Waals surface area contributed by atoms with Crippen LogP contribution in [0.25, 0.3) is 0 Å². The lowest BCUT2D eigenvalue weighted by Crippen LogP contribution is -2.50. The molecular formula is C15H28N4S. The van der Waals surface area contributed by atoms with Crippen LogP contribution in [0.5, 0.6) is 0 Å². The molecule has 20 heavy (non-hydrogen) atoms. The van der Waals surface area contributed by atoms with E-state index in [-0.39, 0.29) is 5.41 Å². The van der Waals surface area contributed by atoms with Gasteiger partial charge in [0.1, 0.15) is 0 Å². The molecule has 1 unspecified atom stereocenters. The van der Waals surface area contributed by atoms with Gasteiger partial charge in [0, 0.05) is 42.5 Å². The lowest BCUT2D eigenvalue weighted by molar-refractivity contribution is 0.234. The van der Waals surface area contributed by atoms with E-state index in [0.717, 1.165) is 26.2 Å². The quantitative estimate of drug-likeness (QED) is 0.927. The van der Waals surface area contributed by atoms with Crippen molar-refractivity contribution in [2.24, 2.45) is 0 Å². The number of aromatic nitrogens is 1. The zero-order chi connectivity index (χ0) is 14.9. The number of anilines is 1. The Morgan fingerprint density at radius 2 is 2.05 bits per heavy atom. The Kier molecular flexibility index (Phi) is 4.72. The Hall–Kier alpha value is -0.650. The van der Waals surface area contributed by atoms with Crippen molar-refractivity contribution >= 4 is 16.5 Å². The third-order valence-electron chi connectivity index (χ3n) is 3.96. The Morgan fingerprint density at radius 3 is 2.60 bits per heavy atom. The van der Waals surface area contributed by atoms with Gasteiger partial charge in [-0.2, -0.15) is 0 Å². The van der Waals surface area contributed by atoms with Crippen LogP contribution in [0.2, 0.25) is 0 Å². The fraction of sp³-hybridized carbons (Fsp3) is 0.800. The molecule has 114 valence electrons. The second-order valence-corrected chi connectivity index (χ2v) is 7.89. The first-order valence-electron chi connectivity index (χ1n) is 7.43. The molecule has 1 aliphatic rings. The number of piperazine rings is 1. The van der Waals surface area contributed by atoms with Gasteiger partial charge in [0.15, 0.2) is 5.13 Å². The molecule has 1 saturated heterocycles. The minimum Gasteiger partial charge on any atom is -0.345 e. The third-order valence-corrected chi connectivity index (χ3v) is 5.08. The summed E-state index contributed by atoms with van der Waals surface area (Å²) in [6, 6.07) is 0.596. The molecule has 0 aromatic carbocycles. The average molecular weight is 296 g/mol. The van der Waals surface area contributed by atoms with Crippen LogP contribution in [0.1, 0.15) is 38.3 Å². The van der Waals surface area contributed by atoms with Gasteiger partial charge in [-0.3, -0.25) is 0 Å². The minimum atomic E-state index is 0.110. The van der Waals surface area contributed by atoms with Crippen LogP contribution < -0.4 is 10.2 Å². The predicted molar refractivity (Wildman–Crippen MR) is 87.9 cm³/mol. The number of hydrogen-bond donors (Lipinski definition) is 1. The van der Waals surface area contributed by atoms with Gasteiger partial charge >= 0.3 is 0 Å². The van der Waals surface area contributed by atoms with Crippen molar-refractivity contribution in [2.45, 2.75) is 45.7 Å². The molecule has 0 bridgehead atoms. The Bertz CT molecular complexity index is 449. The van der Waals surface area contributed by atoms with Gasteiger partial charge in [0.25, 0.3) is 0 Å². The number of nitrogens with zero attached hydrogens (tertiary/aromatic N) is 3. The third kappa shape index (κ3) is 3.32. The standard InChI is InChI=1S/C15H28N4S/c1-11-10-19(8-7-18(11)6)14-17-13(15(2,3)4)12(20-14)9-16-5/h11,16H,7-10H2,1-6H3. The number of rotatable bonds is 3. The molecule has 0 amide bonds. The van der Waals surface area contributed by atoms with Crippen LogP contribution in [0.3, 0.4) is 0 Å². The first-order valence-corrected chi connectivity index (χ1v) is 8.24. The lowest BCUT2D eigenvalue weighted by Gasteiger charge is -2.37. The molecule has 1 aliphatic heterocycles. The Morgan fingerprint density at radius 1 is 1.35 bits per heavy atom. The van der Waals surface area contributed by atoms with Crippen LogP contribution in [-0.4, -0.2) is 49.7 Å². The normalized spacial score (nSPS) is 21.5. The van der Waals surface area contributed by atoms with E-state index in [1.165, 1.54) is 15.7 Å². The largest absolute Gasteiger partial charge is 0.345 e. The smallest absolute Gasteiger partial charge is 0.185 e. The average Bonchev–Trinajstić information content (AvgIpc) is 2.77. The van der Waals surface area contributed by atoms with E-state index in [4.69, 9.17) is 4.98 Å². The maximum atomic E-state index is 4.97. The fourth-order valence-electron chi connectivity index (χ4n) is 2.56. The van der Waals surface area contributed by atoms with E-state index in [9.17, 15) is 0 Å². The molecule has 0 saturated carbocycles. The summed E-state index contributed by atoms with van der Waals surface area (Å²) in [6.45, 7) is 13.2. The topological polar surface area (TPSA) is 31.4 Å². The second-order valence-electron chi connectivity index (χ2n) is 6.82. The highest BCUT2D eigenvalue weighted by Gasteiger charge is 2.27. The molecule has 1 fully saturated rings. The van der Waals surface area contributed by atoms with Crippen molar-refractivity contribution in [3.05, 3.63) is 10.6 Å². The van der Waals surface area contributed by atoms with Gasteiger partial charge < -0.3 is 15.1 Å². The Labute approximate surface area is 127 Å². The minimum absolute atomic E-state index is 0.110. The monoisotopic (exact) mass is 296 g/mol. The van der Waals surface area contributed by atoms with Crippen LogP contribution in [0.4, 0.5) is 5.13 Å². The van der Waals surface area contributed by atoms with Crippen LogP contribution in [0.15, 0.2) is 0 Å². The summed E-state index contributed by atoms with van der Waals surface area (Å²) in [6.07, 6.45) is 0. The van der Waals surface area contributed by atoms with Crippen molar-refractivity contribution in [3.8, 4) is 0 Å². The van der Waals surface area contributed by atoms with Crippen molar-refractivity contribution in [1.29, 1.82) is 0 Å². The molecule has 2 heterocycles. The van der Waals surface area contributed by atoms with Crippen molar-refractivity contribution in [3.63, 3.8) is 0 Å². The summed E-state index contributed by atoms with van der Waals surface area (Å²) in [5.74, 6) is 0. The predicted octanol–water partition coefficient (Wildman–Crippen LogP) is 2.30. The molecule has 2 rings (SSSR count). The molecule has 1 N–H and O–H groups in total. The van der Waals surface area contributed by atoms with Crippen molar-refractivity contribution in [2.75, 3.05) is 38.6 Å². The molecule has 5 heteroatoms. The second kappa shape index (κ2) is 6.00. The zero-order valence-corrected chi connectivity index (χ0v) is 14.5. The summed E-state index contributed by atoms with van der Waals surface area (Å²) in [5.41, 5.74) is 1.36. The number of thiazole rings is 1. The summed E-state index contributed by atoms with van der Waals surface area (Å²) in [5, 5.41) is 4.47. The molecular weight excluding hydrogens is 268 g/mol. The summed E-state index contributed by atoms with van der Waals surface area (Å²) >= 11 is 1.85. The zero-order valence-electron chi connectivity index (χ0n) is 13.7. The van der Waals surface area contributed by atoms with Gasteiger partial charge in [-0.25, -0.2) is 4.98 Å². The highest BCUT2D eigenvalue weighted by molar-refractivity contribution is 7.15. The number of hydrogen-bond acceptors (Lipinski definition) is 5. The number of nitrogens with one attached hydrogen (secondary N) is 1. The first kappa shape index (κ1) is 15.7. The maximum Gasteiger partial charge on any atom is 0.185 e. The van der Waals surface area contributed by atoms with Gasteiger partial charge in [0.05, 0.1) is 5.69 Å². The van der Waals surface area contributed by atoms with Gasteiger partial charge in [0.2, 0.25) is 0 Å². The highest BCUT2D eigenvalue weighted by Crippen LogP contribution is 2.34. The van der Waals surface area contributed by atoms with E-state index in [1.54, 1.807) is 0 Å². The number of likely N-dealkylation sites (N-methyl/N-ethyl adjacent to an activating group) is 1. The molecule has 0 spiro atoms. The van der Waals surface area contributed by atoms with Crippen molar-refractivity contribution < 1.29 is 0 Å². The summed E-state index contributed by atoms with van der Waals surface area (Å²) in [4.78, 5) is 11.2. The summed E-state index contributed by atoms with van der Waals surface area (Å²) < 4.78 is 0. The van der Waals surface area contributed by atoms with E-state index >= 15 is 0 Å². The van der Waals surface area contributed by atoms with Crippen LogP contribution in [0, 0.1) is 0 Å². The maximum absolute atomic E-state index is 4.97. The molecule has 0 aliphatic carbocycles. The van der Waals surface area contributed by atoms with Gasteiger partial charge in [-0.15, -0.1) is 11.3 Å². The van der Waals surface area contributed by atoms with E-state index in [2.05, 4.69) is 49.9 Å². The molecule has 4 nitrogen and oxygen atoms in total. The highest BCUT2D eigenvalue weighted by atomic mass is 32.1. The molecule has 1 aromatic heterocycles.